The topological polar surface area (TPSA) is 84.1 Å². The number of fused-ring (bicyclic) bond motifs is 2. The molecular formula is C26H29N3O5. The predicted molar refractivity (Wildman–Crippen MR) is 129 cm³/mol. The second kappa shape index (κ2) is 9.02. The number of morpholine rings is 1. The standard InChI is InChI=1S/C26H29N3O5/c1-16-5-4-6-18-13-20(25(30)27-23(16)18)24-19-15-22(33-3)21(32-2)14-17(19)7-8-29(24)26(31)28-9-11-34-12-10-28/h4-6,13-15,24H,7-12H2,1-3H3,(H,27,30). The second-order valence-corrected chi connectivity index (χ2v) is 8.73. The summed E-state index contributed by atoms with van der Waals surface area (Å²) in [6.45, 7) is 4.57. The molecular weight excluding hydrogens is 434 g/mol. The van der Waals surface area contributed by atoms with E-state index in [-0.39, 0.29) is 11.6 Å². The third-order valence-electron chi connectivity index (χ3n) is 6.81. The van der Waals surface area contributed by atoms with Gasteiger partial charge < -0.3 is 29.0 Å². The van der Waals surface area contributed by atoms with Crippen LogP contribution in [0, 0.1) is 6.92 Å². The van der Waals surface area contributed by atoms with Gasteiger partial charge in [0, 0.05) is 25.2 Å². The Kier molecular flexibility index (Phi) is 5.91. The lowest BCUT2D eigenvalue weighted by molar-refractivity contribution is 0.0399. The van der Waals surface area contributed by atoms with E-state index in [1.54, 1.807) is 14.2 Å². The predicted octanol–water partition coefficient (Wildman–Crippen LogP) is 3.25. The summed E-state index contributed by atoms with van der Waals surface area (Å²) < 4.78 is 16.5. The number of hydrogen-bond acceptors (Lipinski definition) is 5. The third kappa shape index (κ3) is 3.77. The first kappa shape index (κ1) is 22.3. The Morgan fingerprint density at radius 1 is 1.03 bits per heavy atom. The lowest BCUT2D eigenvalue weighted by Gasteiger charge is -2.41. The average Bonchev–Trinajstić information content (AvgIpc) is 2.87. The molecule has 2 aromatic carbocycles. The zero-order valence-corrected chi connectivity index (χ0v) is 19.7. The molecule has 0 spiro atoms. The van der Waals surface area contributed by atoms with Crippen molar-refractivity contribution < 1.29 is 19.0 Å². The monoisotopic (exact) mass is 463 g/mol. The quantitative estimate of drug-likeness (QED) is 0.645. The summed E-state index contributed by atoms with van der Waals surface area (Å²) in [5.74, 6) is 1.20. The maximum Gasteiger partial charge on any atom is 0.320 e. The molecule has 2 aliphatic rings. The highest BCUT2D eigenvalue weighted by molar-refractivity contribution is 5.83. The van der Waals surface area contributed by atoms with Gasteiger partial charge in [0.05, 0.1) is 39.0 Å². The van der Waals surface area contributed by atoms with Crippen molar-refractivity contribution in [2.24, 2.45) is 0 Å². The summed E-state index contributed by atoms with van der Waals surface area (Å²) in [4.78, 5) is 33.8. The molecule has 1 unspecified atom stereocenters. The molecule has 1 saturated heterocycles. The number of benzene rings is 2. The van der Waals surface area contributed by atoms with Crippen LogP contribution in [0.25, 0.3) is 10.9 Å². The number of pyridine rings is 1. The van der Waals surface area contributed by atoms with Crippen molar-refractivity contribution in [2.75, 3.05) is 47.1 Å². The zero-order chi connectivity index (χ0) is 23.8. The first-order valence-electron chi connectivity index (χ1n) is 11.5. The maximum absolute atomic E-state index is 13.7. The highest BCUT2D eigenvalue weighted by atomic mass is 16.5. The Labute approximate surface area is 198 Å². The van der Waals surface area contributed by atoms with Crippen LogP contribution < -0.4 is 15.0 Å². The molecule has 34 heavy (non-hydrogen) atoms. The summed E-state index contributed by atoms with van der Waals surface area (Å²) in [5.41, 5.74) is 4.06. The first-order chi connectivity index (χ1) is 16.5. The number of para-hydroxylation sites is 1. The van der Waals surface area contributed by atoms with E-state index in [1.165, 1.54) is 0 Å². The summed E-state index contributed by atoms with van der Waals surface area (Å²) in [6, 6.07) is 11.1. The van der Waals surface area contributed by atoms with Gasteiger partial charge >= 0.3 is 6.03 Å². The number of hydrogen-bond donors (Lipinski definition) is 1. The zero-order valence-electron chi connectivity index (χ0n) is 19.7. The summed E-state index contributed by atoms with van der Waals surface area (Å²) in [7, 11) is 3.19. The molecule has 0 aliphatic carbocycles. The Hall–Kier alpha value is -3.52. The van der Waals surface area contributed by atoms with E-state index in [1.807, 2.05) is 53.1 Å². The van der Waals surface area contributed by atoms with Gasteiger partial charge in [-0.25, -0.2) is 4.79 Å². The minimum absolute atomic E-state index is 0.0857. The van der Waals surface area contributed by atoms with E-state index in [9.17, 15) is 9.59 Å². The van der Waals surface area contributed by atoms with Crippen LogP contribution >= 0.6 is 0 Å². The Morgan fingerprint density at radius 3 is 2.50 bits per heavy atom. The van der Waals surface area contributed by atoms with Crippen molar-refractivity contribution in [3.8, 4) is 11.5 Å². The smallest absolute Gasteiger partial charge is 0.320 e. The molecule has 8 nitrogen and oxygen atoms in total. The van der Waals surface area contributed by atoms with Gasteiger partial charge in [-0.2, -0.15) is 0 Å². The number of rotatable bonds is 3. The lowest BCUT2D eigenvalue weighted by Crippen LogP contribution is -2.52. The number of nitrogens with one attached hydrogen (secondary N) is 1. The van der Waals surface area contributed by atoms with Gasteiger partial charge in [0.15, 0.2) is 11.5 Å². The molecule has 5 rings (SSSR count). The van der Waals surface area contributed by atoms with E-state index in [0.717, 1.165) is 27.6 Å². The lowest BCUT2D eigenvalue weighted by atomic mass is 9.87. The van der Waals surface area contributed by atoms with Crippen LogP contribution in [0.5, 0.6) is 11.5 Å². The fraction of sp³-hybridized carbons (Fsp3) is 0.385. The molecule has 1 aromatic heterocycles. The van der Waals surface area contributed by atoms with Crippen LogP contribution in [0.1, 0.15) is 28.3 Å². The fourth-order valence-electron chi connectivity index (χ4n) is 5.03. The molecule has 0 radical (unpaired) electrons. The number of ether oxygens (including phenoxy) is 3. The van der Waals surface area contributed by atoms with Crippen LogP contribution in [0.15, 0.2) is 41.2 Å². The second-order valence-electron chi connectivity index (χ2n) is 8.73. The normalized spacial score (nSPS) is 18.0. The van der Waals surface area contributed by atoms with Gasteiger partial charge in [0.25, 0.3) is 5.56 Å². The number of aryl methyl sites for hydroxylation is 1. The number of urea groups is 1. The van der Waals surface area contributed by atoms with Crippen LogP contribution in [0.3, 0.4) is 0 Å². The fourth-order valence-corrected chi connectivity index (χ4v) is 5.03. The molecule has 1 N–H and O–H groups in total. The van der Waals surface area contributed by atoms with Gasteiger partial charge in [-0.05, 0) is 53.6 Å². The number of carbonyl (C=O) groups excluding carboxylic acids is 1. The van der Waals surface area contributed by atoms with Gasteiger partial charge in [0.2, 0.25) is 0 Å². The highest BCUT2D eigenvalue weighted by Crippen LogP contribution is 2.41. The number of aromatic amines is 1. The Morgan fingerprint density at radius 2 is 1.76 bits per heavy atom. The van der Waals surface area contributed by atoms with Gasteiger partial charge in [-0.15, -0.1) is 0 Å². The van der Waals surface area contributed by atoms with E-state index < -0.39 is 6.04 Å². The van der Waals surface area contributed by atoms with Crippen LogP contribution in [-0.4, -0.2) is 67.9 Å². The SMILES string of the molecule is COc1cc2c(cc1OC)C(c1cc3cccc(C)c3[nH]c1=O)N(C(=O)N1CCOCC1)CC2. The van der Waals surface area contributed by atoms with Crippen LogP contribution in [0.2, 0.25) is 0 Å². The van der Waals surface area contributed by atoms with Crippen molar-refractivity contribution in [1.82, 2.24) is 14.8 Å². The van der Waals surface area contributed by atoms with Crippen molar-refractivity contribution >= 4 is 16.9 Å². The minimum atomic E-state index is -0.549. The van der Waals surface area contributed by atoms with E-state index in [2.05, 4.69) is 4.98 Å². The number of H-pyrrole nitrogens is 1. The molecule has 2 amide bonds. The minimum Gasteiger partial charge on any atom is -0.493 e. The van der Waals surface area contributed by atoms with Crippen LogP contribution in [-0.2, 0) is 11.2 Å². The number of amides is 2. The Bertz CT molecular complexity index is 1300. The molecule has 1 atom stereocenters. The van der Waals surface area contributed by atoms with Gasteiger partial charge in [-0.3, -0.25) is 4.79 Å². The summed E-state index contributed by atoms with van der Waals surface area (Å²) >= 11 is 0. The molecule has 0 saturated carbocycles. The number of methoxy groups -OCH3 is 2. The first-order valence-corrected chi connectivity index (χ1v) is 11.5. The Balaban J connectivity index is 1.69. The number of carbonyl (C=O) groups is 1. The molecule has 8 heteroatoms. The largest absolute Gasteiger partial charge is 0.493 e. The highest BCUT2D eigenvalue weighted by Gasteiger charge is 2.37. The molecule has 1 fully saturated rings. The van der Waals surface area contributed by atoms with Crippen molar-refractivity contribution in [2.45, 2.75) is 19.4 Å². The molecule has 3 aromatic rings. The van der Waals surface area contributed by atoms with Crippen molar-refractivity contribution in [1.29, 1.82) is 0 Å². The van der Waals surface area contributed by atoms with Crippen LogP contribution in [0.4, 0.5) is 4.79 Å². The van der Waals surface area contributed by atoms with Crippen molar-refractivity contribution in [3.63, 3.8) is 0 Å². The maximum atomic E-state index is 13.7. The molecule has 3 heterocycles. The average molecular weight is 464 g/mol. The number of nitrogens with zero attached hydrogens (tertiary/aromatic N) is 2. The van der Waals surface area contributed by atoms with Gasteiger partial charge in [-0.1, -0.05) is 18.2 Å². The number of aromatic nitrogens is 1. The van der Waals surface area contributed by atoms with Gasteiger partial charge in [0.1, 0.15) is 0 Å². The van der Waals surface area contributed by atoms with E-state index >= 15 is 0 Å². The molecule has 2 aliphatic heterocycles. The third-order valence-corrected chi connectivity index (χ3v) is 6.81. The summed E-state index contributed by atoms with van der Waals surface area (Å²) in [6.07, 6.45) is 0.660. The molecule has 178 valence electrons. The van der Waals surface area contributed by atoms with Crippen molar-refractivity contribution in [3.05, 3.63) is 69.0 Å². The molecule has 0 bridgehead atoms. The summed E-state index contributed by atoms with van der Waals surface area (Å²) in [5, 5.41) is 0.931. The van der Waals surface area contributed by atoms with E-state index in [0.29, 0.717) is 56.3 Å². The van der Waals surface area contributed by atoms with E-state index in [4.69, 9.17) is 14.2 Å².